The molecule has 0 aromatic heterocycles. The van der Waals surface area contributed by atoms with Crippen LogP contribution in [-0.2, 0) is 0 Å². The SMILES string of the molecule is CN(C)C1CC(N(C(=O)O)C(C)(C)C)C1. The molecule has 88 valence electrons. The largest absolute Gasteiger partial charge is 0.465 e. The number of amides is 1. The highest BCUT2D eigenvalue weighted by atomic mass is 16.4. The van der Waals surface area contributed by atoms with E-state index in [9.17, 15) is 9.90 Å². The van der Waals surface area contributed by atoms with Crippen LogP contribution in [0.15, 0.2) is 0 Å². The first-order chi connectivity index (χ1) is 6.73. The van der Waals surface area contributed by atoms with Crippen molar-refractivity contribution >= 4 is 6.09 Å². The van der Waals surface area contributed by atoms with Crippen LogP contribution in [0.4, 0.5) is 4.79 Å². The first-order valence-electron chi connectivity index (χ1n) is 5.42. The van der Waals surface area contributed by atoms with E-state index in [0.29, 0.717) is 6.04 Å². The second-order valence-corrected chi connectivity index (χ2v) is 5.57. The van der Waals surface area contributed by atoms with Crippen molar-refractivity contribution in [2.75, 3.05) is 14.1 Å². The summed E-state index contributed by atoms with van der Waals surface area (Å²) in [5.41, 5.74) is -0.298. The first kappa shape index (κ1) is 12.3. The normalized spacial score (nSPS) is 26.3. The first-order valence-corrected chi connectivity index (χ1v) is 5.42. The van der Waals surface area contributed by atoms with Crippen LogP contribution >= 0.6 is 0 Å². The van der Waals surface area contributed by atoms with Gasteiger partial charge in [-0.3, -0.25) is 0 Å². The fourth-order valence-corrected chi connectivity index (χ4v) is 2.18. The highest BCUT2D eigenvalue weighted by Crippen LogP contribution is 2.33. The summed E-state index contributed by atoms with van der Waals surface area (Å²) in [6, 6.07) is 0.731. The molecular weight excluding hydrogens is 192 g/mol. The van der Waals surface area contributed by atoms with Gasteiger partial charge < -0.3 is 14.9 Å². The number of nitrogens with zero attached hydrogens (tertiary/aromatic N) is 2. The summed E-state index contributed by atoms with van der Waals surface area (Å²) in [5.74, 6) is 0. The van der Waals surface area contributed by atoms with E-state index in [1.165, 1.54) is 0 Å². The molecule has 0 saturated heterocycles. The lowest BCUT2D eigenvalue weighted by molar-refractivity contribution is 0.00784. The molecule has 1 amide bonds. The Morgan fingerprint density at radius 1 is 1.20 bits per heavy atom. The minimum Gasteiger partial charge on any atom is -0.465 e. The summed E-state index contributed by atoms with van der Waals surface area (Å²) in [6.07, 6.45) is 1.11. The van der Waals surface area contributed by atoms with E-state index in [4.69, 9.17) is 0 Å². The maximum atomic E-state index is 11.2. The van der Waals surface area contributed by atoms with Gasteiger partial charge >= 0.3 is 6.09 Å². The van der Waals surface area contributed by atoms with Crippen LogP contribution in [0.5, 0.6) is 0 Å². The van der Waals surface area contributed by atoms with E-state index in [-0.39, 0.29) is 11.6 Å². The van der Waals surface area contributed by atoms with Gasteiger partial charge in [0.1, 0.15) is 0 Å². The number of rotatable bonds is 2. The summed E-state index contributed by atoms with van der Waals surface area (Å²) in [5, 5.41) is 9.18. The molecular formula is C11H22N2O2. The van der Waals surface area contributed by atoms with E-state index in [1.54, 1.807) is 4.90 Å². The molecule has 4 nitrogen and oxygen atoms in total. The molecule has 4 heteroatoms. The fraction of sp³-hybridized carbons (Fsp3) is 0.909. The number of carboxylic acid groups (broad SMARTS) is 1. The maximum absolute atomic E-state index is 11.2. The molecule has 0 aliphatic heterocycles. The number of carbonyl (C=O) groups is 1. The van der Waals surface area contributed by atoms with Crippen molar-refractivity contribution in [1.82, 2.24) is 9.80 Å². The minimum absolute atomic E-state index is 0.190. The van der Waals surface area contributed by atoms with Crippen molar-refractivity contribution in [3.63, 3.8) is 0 Å². The molecule has 0 radical (unpaired) electrons. The zero-order valence-corrected chi connectivity index (χ0v) is 10.3. The molecule has 0 unspecified atom stereocenters. The molecule has 0 spiro atoms. The molecule has 1 aliphatic rings. The molecule has 0 bridgehead atoms. The third-order valence-corrected chi connectivity index (χ3v) is 3.11. The van der Waals surface area contributed by atoms with Gasteiger partial charge in [-0.2, -0.15) is 0 Å². The van der Waals surface area contributed by atoms with Gasteiger partial charge in [0.05, 0.1) is 0 Å². The third-order valence-electron chi connectivity index (χ3n) is 3.11. The average molecular weight is 214 g/mol. The molecule has 0 atom stereocenters. The van der Waals surface area contributed by atoms with E-state index < -0.39 is 6.09 Å². The number of hydrogen-bond acceptors (Lipinski definition) is 2. The Kier molecular flexibility index (Phi) is 3.28. The summed E-state index contributed by atoms with van der Waals surface area (Å²) in [4.78, 5) is 14.9. The molecule has 1 N–H and O–H groups in total. The monoisotopic (exact) mass is 214 g/mol. The van der Waals surface area contributed by atoms with Crippen LogP contribution in [0.3, 0.4) is 0 Å². The second kappa shape index (κ2) is 4.00. The quantitative estimate of drug-likeness (QED) is 0.763. The van der Waals surface area contributed by atoms with Crippen molar-refractivity contribution < 1.29 is 9.90 Å². The molecule has 0 heterocycles. The zero-order valence-electron chi connectivity index (χ0n) is 10.3. The predicted octanol–water partition coefficient (Wildman–Crippen LogP) is 1.86. The second-order valence-electron chi connectivity index (χ2n) is 5.57. The molecule has 1 fully saturated rings. The van der Waals surface area contributed by atoms with Crippen molar-refractivity contribution in [2.45, 2.75) is 51.2 Å². The van der Waals surface area contributed by atoms with Gasteiger partial charge in [-0.05, 0) is 47.7 Å². The topological polar surface area (TPSA) is 43.8 Å². The van der Waals surface area contributed by atoms with Crippen molar-refractivity contribution in [2.24, 2.45) is 0 Å². The molecule has 0 aromatic carbocycles. The van der Waals surface area contributed by atoms with Gasteiger partial charge in [-0.15, -0.1) is 0 Å². The van der Waals surface area contributed by atoms with E-state index >= 15 is 0 Å². The van der Waals surface area contributed by atoms with Crippen molar-refractivity contribution in [3.8, 4) is 0 Å². The Balaban J connectivity index is 2.59. The van der Waals surface area contributed by atoms with Gasteiger partial charge in [0.25, 0.3) is 0 Å². The van der Waals surface area contributed by atoms with E-state index in [2.05, 4.69) is 4.90 Å². The summed E-state index contributed by atoms with van der Waals surface area (Å²) in [7, 11) is 4.09. The van der Waals surface area contributed by atoms with Crippen molar-refractivity contribution in [3.05, 3.63) is 0 Å². The van der Waals surface area contributed by atoms with E-state index in [0.717, 1.165) is 12.8 Å². The van der Waals surface area contributed by atoms with Crippen LogP contribution in [0, 0.1) is 0 Å². The minimum atomic E-state index is -0.801. The van der Waals surface area contributed by atoms with Crippen LogP contribution < -0.4 is 0 Å². The smallest absolute Gasteiger partial charge is 0.407 e. The Bertz CT molecular complexity index is 239. The van der Waals surface area contributed by atoms with E-state index in [1.807, 2.05) is 34.9 Å². The van der Waals surface area contributed by atoms with Gasteiger partial charge in [-0.25, -0.2) is 4.79 Å². The summed E-state index contributed by atoms with van der Waals surface area (Å²) < 4.78 is 0. The third kappa shape index (κ3) is 2.62. The van der Waals surface area contributed by atoms with Crippen molar-refractivity contribution in [1.29, 1.82) is 0 Å². The molecule has 0 aromatic rings. The molecule has 1 rings (SSSR count). The lowest BCUT2D eigenvalue weighted by atomic mass is 9.82. The van der Waals surface area contributed by atoms with Crippen LogP contribution in [0.2, 0.25) is 0 Å². The highest BCUT2D eigenvalue weighted by Gasteiger charge is 2.41. The highest BCUT2D eigenvalue weighted by molar-refractivity contribution is 5.66. The Morgan fingerprint density at radius 2 is 1.67 bits per heavy atom. The average Bonchev–Trinajstić information content (AvgIpc) is 1.90. The van der Waals surface area contributed by atoms with Crippen LogP contribution in [0.1, 0.15) is 33.6 Å². The standard InChI is InChI=1S/C11H22N2O2/c1-11(2,3)13(10(14)15)9-6-8(7-9)12(4)5/h8-9H,6-7H2,1-5H3,(H,14,15). The summed E-state index contributed by atoms with van der Waals surface area (Å²) in [6.45, 7) is 5.85. The summed E-state index contributed by atoms with van der Waals surface area (Å²) >= 11 is 0. The Morgan fingerprint density at radius 3 is 1.93 bits per heavy atom. The van der Waals surface area contributed by atoms with Gasteiger partial charge in [0, 0.05) is 17.6 Å². The molecule has 15 heavy (non-hydrogen) atoms. The molecule has 1 aliphatic carbocycles. The van der Waals surface area contributed by atoms with Gasteiger partial charge in [0.15, 0.2) is 0 Å². The Hall–Kier alpha value is -0.770. The fourth-order valence-electron chi connectivity index (χ4n) is 2.18. The lowest BCUT2D eigenvalue weighted by Crippen LogP contribution is -2.59. The Labute approximate surface area is 91.9 Å². The molecule has 1 saturated carbocycles. The zero-order chi connectivity index (χ0) is 11.8. The predicted molar refractivity (Wildman–Crippen MR) is 60.1 cm³/mol. The lowest BCUT2D eigenvalue weighted by Gasteiger charge is -2.49. The van der Waals surface area contributed by atoms with Crippen LogP contribution in [0.25, 0.3) is 0 Å². The van der Waals surface area contributed by atoms with Gasteiger partial charge in [0.2, 0.25) is 0 Å². The van der Waals surface area contributed by atoms with Gasteiger partial charge in [-0.1, -0.05) is 0 Å². The number of hydrogen-bond donors (Lipinski definition) is 1. The maximum Gasteiger partial charge on any atom is 0.407 e. The van der Waals surface area contributed by atoms with Crippen LogP contribution in [-0.4, -0.2) is 52.7 Å².